The number of rotatable bonds is 6. The summed E-state index contributed by atoms with van der Waals surface area (Å²) in [5.41, 5.74) is 1.87. The Morgan fingerprint density at radius 2 is 1.83 bits per heavy atom. The molecule has 0 radical (unpaired) electrons. The van der Waals surface area contributed by atoms with Gasteiger partial charge in [-0.25, -0.2) is 9.78 Å². The zero-order valence-electron chi connectivity index (χ0n) is 17.9. The molecular formula is C24H32N4O2. The number of anilines is 1. The van der Waals surface area contributed by atoms with E-state index < -0.39 is 0 Å². The van der Waals surface area contributed by atoms with Gasteiger partial charge < -0.3 is 9.64 Å². The van der Waals surface area contributed by atoms with Crippen molar-refractivity contribution >= 4 is 11.8 Å². The standard InChI is InChI=1S/C24H32N4O2/c1-30-24(29)22-9-7-20(8-10-22)17-27-12-4-5-21(19-27)18-26-13-15-28(16-14-26)23-6-2-3-11-25-23/h2-3,6-11,21H,4-5,12-19H2,1H3. The van der Waals surface area contributed by atoms with E-state index in [-0.39, 0.29) is 5.97 Å². The summed E-state index contributed by atoms with van der Waals surface area (Å²) in [6.45, 7) is 8.78. The summed E-state index contributed by atoms with van der Waals surface area (Å²) in [7, 11) is 1.42. The van der Waals surface area contributed by atoms with Crippen LogP contribution in [0, 0.1) is 5.92 Å². The first kappa shape index (κ1) is 20.8. The van der Waals surface area contributed by atoms with Gasteiger partial charge in [-0.15, -0.1) is 0 Å². The normalized spacial score (nSPS) is 20.8. The number of piperazine rings is 1. The molecule has 6 heteroatoms. The van der Waals surface area contributed by atoms with Gasteiger partial charge in [0, 0.05) is 52.0 Å². The second-order valence-corrected chi connectivity index (χ2v) is 8.41. The molecule has 2 aliphatic heterocycles. The predicted molar refractivity (Wildman–Crippen MR) is 119 cm³/mol. The molecule has 3 heterocycles. The molecule has 0 amide bonds. The molecule has 6 nitrogen and oxygen atoms in total. The Hall–Kier alpha value is -2.44. The second-order valence-electron chi connectivity index (χ2n) is 8.41. The largest absolute Gasteiger partial charge is 0.465 e. The van der Waals surface area contributed by atoms with Gasteiger partial charge in [-0.1, -0.05) is 18.2 Å². The summed E-state index contributed by atoms with van der Waals surface area (Å²) in [4.78, 5) is 23.7. The zero-order chi connectivity index (χ0) is 20.8. The number of carbonyl (C=O) groups excluding carboxylic acids is 1. The fourth-order valence-electron chi connectivity index (χ4n) is 4.63. The highest BCUT2D eigenvalue weighted by atomic mass is 16.5. The van der Waals surface area contributed by atoms with E-state index in [0.717, 1.165) is 57.5 Å². The molecule has 0 saturated carbocycles. The maximum absolute atomic E-state index is 11.6. The Kier molecular flexibility index (Phi) is 6.97. The number of benzene rings is 1. The van der Waals surface area contributed by atoms with Crippen molar-refractivity contribution in [2.75, 3.05) is 57.8 Å². The Morgan fingerprint density at radius 3 is 2.53 bits per heavy atom. The first-order valence-electron chi connectivity index (χ1n) is 11.0. The Bertz CT molecular complexity index is 804. The van der Waals surface area contributed by atoms with E-state index in [9.17, 15) is 4.79 Å². The molecule has 0 aliphatic carbocycles. The van der Waals surface area contributed by atoms with Gasteiger partial charge in [-0.3, -0.25) is 9.80 Å². The summed E-state index contributed by atoms with van der Waals surface area (Å²) < 4.78 is 4.78. The van der Waals surface area contributed by atoms with Crippen LogP contribution in [0.2, 0.25) is 0 Å². The smallest absolute Gasteiger partial charge is 0.337 e. The number of ether oxygens (including phenoxy) is 1. The van der Waals surface area contributed by atoms with Crippen LogP contribution in [0.5, 0.6) is 0 Å². The van der Waals surface area contributed by atoms with E-state index in [1.165, 1.54) is 32.1 Å². The molecular weight excluding hydrogens is 376 g/mol. The van der Waals surface area contributed by atoms with Crippen molar-refractivity contribution in [3.63, 3.8) is 0 Å². The van der Waals surface area contributed by atoms with Gasteiger partial charge in [0.1, 0.15) is 5.82 Å². The minimum atomic E-state index is -0.275. The van der Waals surface area contributed by atoms with E-state index in [1.54, 1.807) is 0 Å². The number of carbonyl (C=O) groups is 1. The minimum Gasteiger partial charge on any atom is -0.465 e. The fourth-order valence-corrected chi connectivity index (χ4v) is 4.63. The lowest BCUT2D eigenvalue weighted by molar-refractivity contribution is 0.0600. The van der Waals surface area contributed by atoms with Crippen LogP contribution in [0.1, 0.15) is 28.8 Å². The lowest BCUT2D eigenvalue weighted by Gasteiger charge is -2.39. The average Bonchev–Trinajstić information content (AvgIpc) is 2.80. The number of piperidine rings is 1. The third-order valence-corrected chi connectivity index (χ3v) is 6.25. The number of pyridine rings is 1. The maximum Gasteiger partial charge on any atom is 0.337 e. The summed E-state index contributed by atoms with van der Waals surface area (Å²) >= 11 is 0. The molecule has 30 heavy (non-hydrogen) atoms. The number of aromatic nitrogens is 1. The minimum absolute atomic E-state index is 0.275. The highest BCUT2D eigenvalue weighted by Crippen LogP contribution is 2.21. The van der Waals surface area contributed by atoms with Crippen molar-refractivity contribution in [3.05, 3.63) is 59.8 Å². The lowest BCUT2D eigenvalue weighted by Crippen LogP contribution is -2.49. The third-order valence-electron chi connectivity index (χ3n) is 6.25. The number of esters is 1. The molecule has 4 rings (SSSR count). The molecule has 1 atom stereocenters. The van der Waals surface area contributed by atoms with Crippen molar-refractivity contribution in [2.45, 2.75) is 19.4 Å². The molecule has 0 N–H and O–H groups in total. The van der Waals surface area contributed by atoms with Crippen LogP contribution < -0.4 is 4.90 Å². The van der Waals surface area contributed by atoms with Gasteiger partial charge in [-0.2, -0.15) is 0 Å². The van der Waals surface area contributed by atoms with Crippen LogP contribution in [0.4, 0.5) is 5.82 Å². The number of nitrogens with zero attached hydrogens (tertiary/aromatic N) is 4. The molecule has 2 saturated heterocycles. The van der Waals surface area contributed by atoms with Gasteiger partial charge in [0.25, 0.3) is 0 Å². The van der Waals surface area contributed by atoms with Crippen molar-refractivity contribution in [2.24, 2.45) is 5.92 Å². The maximum atomic E-state index is 11.6. The summed E-state index contributed by atoms with van der Waals surface area (Å²) in [5.74, 6) is 1.55. The number of hydrogen-bond acceptors (Lipinski definition) is 6. The molecule has 2 aromatic rings. The van der Waals surface area contributed by atoms with E-state index in [1.807, 2.05) is 36.5 Å². The van der Waals surface area contributed by atoms with Crippen LogP contribution in [-0.2, 0) is 11.3 Å². The predicted octanol–water partition coefficient (Wildman–Crippen LogP) is 2.90. The lowest BCUT2D eigenvalue weighted by atomic mass is 9.96. The number of methoxy groups -OCH3 is 1. The monoisotopic (exact) mass is 408 g/mol. The first-order valence-corrected chi connectivity index (χ1v) is 11.0. The van der Waals surface area contributed by atoms with Crippen LogP contribution in [0.25, 0.3) is 0 Å². The van der Waals surface area contributed by atoms with E-state index >= 15 is 0 Å². The summed E-state index contributed by atoms with van der Waals surface area (Å²) in [6, 6.07) is 14.0. The van der Waals surface area contributed by atoms with Crippen molar-refractivity contribution in [1.29, 1.82) is 0 Å². The van der Waals surface area contributed by atoms with Crippen molar-refractivity contribution in [3.8, 4) is 0 Å². The molecule has 0 spiro atoms. The second kappa shape index (κ2) is 10.0. The third kappa shape index (κ3) is 5.37. The molecule has 1 aromatic carbocycles. The quantitative estimate of drug-likeness (QED) is 0.685. The Balaban J connectivity index is 1.24. The molecule has 160 valence electrons. The summed E-state index contributed by atoms with van der Waals surface area (Å²) in [6.07, 6.45) is 4.46. The number of hydrogen-bond donors (Lipinski definition) is 0. The molecule has 1 aromatic heterocycles. The Labute approximate surface area is 179 Å². The summed E-state index contributed by atoms with van der Waals surface area (Å²) in [5, 5.41) is 0. The van der Waals surface area contributed by atoms with Gasteiger partial charge >= 0.3 is 5.97 Å². The highest BCUT2D eigenvalue weighted by Gasteiger charge is 2.25. The van der Waals surface area contributed by atoms with E-state index in [0.29, 0.717) is 5.56 Å². The van der Waals surface area contributed by atoms with Crippen LogP contribution in [0.15, 0.2) is 48.7 Å². The van der Waals surface area contributed by atoms with Gasteiger partial charge in [0.05, 0.1) is 12.7 Å². The van der Waals surface area contributed by atoms with Crippen molar-refractivity contribution in [1.82, 2.24) is 14.8 Å². The van der Waals surface area contributed by atoms with Crippen LogP contribution in [0.3, 0.4) is 0 Å². The van der Waals surface area contributed by atoms with E-state index in [4.69, 9.17) is 4.74 Å². The van der Waals surface area contributed by atoms with Crippen molar-refractivity contribution < 1.29 is 9.53 Å². The van der Waals surface area contributed by atoms with Crippen LogP contribution >= 0.6 is 0 Å². The highest BCUT2D eigenvalue weighted by molar-refractivity contribution is 5.89. The first-order chi connectivity index (χ1) is 14.7. The number of likely N-dealkylation sites (tertiary alicyclic amines) is 1. The van der Waals surface area contributed by atoms with Crippen LogP contribution in [-0.4, -0.2) is 73.7 Å². The SMILES string of the molecule is COC(=O)c1ccc(CN2CCCC(CN3CCN(c4ccccn4)CC3)C2)cc1. The molecule has 2 aliphatic rings. The fraction of sp³-hybridized carbons (Fsp3) is 0.500. The molecule has 0 bridgehead atoms. The molecule has 1 unspecified atom stereocenters. The van der Waals surface area contributed by atoms with Gasteiger partial charge in [-0.05, 0) is 55.1 Å². The Morgan fingerprint density at radius 1 is 1.03 bits per heavy atom. The van der Waals surface area contributed by atoms with Gasteiger partial charge in [0.2, 0.25) is 0 Å². The van der Waals surface area contributed by atoms with Gasteiger partial charge in [0.15, 0.2) is 0 Å². The average molecular weight is 409 g/mol. The topological polar surface area (TPSA) is 48.9 Å². The zero-order valence-corrected chi connectivity index (χ0v) is 17.9. The van der Waals surface area contributed by atoms with E-state index in [2.05, 4.69) is 31.8 Å². The molecule has 2 fully saturated rings.